The Kier molecular flexibility index (Phi) is 7.46. The van der Waals surface area contributed by atoms with E-state index in [1.54, 1.807) is 37.4 Å². The lowest BCUT2D eigenvalue weighted by molar-refractivity contribution is -0.274. The molecule has 0 saturated heterocycles. The van der Waals surface area contributed by atoms with Gasteiger partial charge in [-0.25, -0.2) is 14.5 Å². The van der Waals surface area contributed by atoms with Gasteiger partial charge in [0.25, 0.3) is 5.91 Å². The zero-order valence-electron chi connectivity index (χ0n) is 20.6. The van der Waals surface area contributed by atoms with Gasteiger partial charge >= 0.3 is 6.36 Å². The van der Waals surface area contributed by atoms with E-state index in [2.05, 4.69) is 30.4 Å². The summed E-state index contributed by atoms with van der Waals surface area (Å²) in [6.45, 7) is 3.27. The third-order valence-electron chi connectivity index (χ3n) is 5.35. The molecular formula is C25H23F3N6O4. The first-order chi connectivity index (χ1) is 18.0. The molecule has 1 aromatic carbocycles. The maximum atomic E-state index is 13.0. The SMILES string of the molecule is COc1nc(C)c(-c2ccc3nc(NC(C)=O)cn3n2)cc1C(=O)NCCc1cccc(OC(F)(F)F)c1. The van der Waals surface area contributed by atoms with Gasteiger partial charge in [-0.2, -0.15) is 5.10 Å². The Morgan fingerprint density at radius 3 is 2.61 bits per heavy atom. The first-order valence-electron chi connectivity index (χ1n) is 11.4. The van der Waals surface area contributed by atoms with Gasteiger partial charge in [0.15, 0.2) is 11.5 Å². The minimum absolute atomic E-state index is 0.112. The molecule has 38 heavy (non-hydrogen) atoms. The van der Waals surface area contributed by atoms with Crippen molar-refractivity contribution in [3.8, 4) is 22.9 Å². The van der Waals surface area contributed by atoms with Crippen molar-refractivity contribution in [1.82, 2.24) is 24.9 Å². The van der Waals surface area contributed by atoms with Gasteiger partial charge < -0.3 is 20.1 Å². The first kappa shape index (κ1) is 26.4. The second kappa shape index (κ2) is 10.7. The van der Waals surface area contributed by atoms with E-state index >= 15 is 0 Å². The number of aryl methyl sites for hydroxylation is 1. The zero-order chi connectivity index (χ0) is 27.4. The summed E-state index contributed by atoms with van der Waals surface area (Å²) in [5, 5.41) is 9.86. The monoisotopic (exact) mass is 528 g/mol. The Balaban J connectivity index is 1.52. The predicted molar refractivity (Wildman–Crippen MR) is 131 cm³/mol. The Morgan fingerprint density at radius 1 is 1.11 bits per heavy atom. The second-order valence-electron chi connectivity index (χ2n) is 8.21. The molecule has 3 heterocycles. The number of fused-ring (bicyclic) bond motifs is 1. The van der Waals surface area contributed by atoms with Gasteiger partial charge in [-0.3, -0.25) is 9.59 Å². The molecule has 0 aliphatic rings. The molecule has 0 unspecified atom stereocenters. The van der Waals surface area contributed by atoms with Gasteiger partial charge in [0, 0.05) is 19.0 Å². The van der Waals surface area contributed by atoms with E-state index in [1.807, 2.05) is 0 Å². The Hall–Kier alpha value is -4.68. The van der Waals surface area contributed by atoms with E-state index in [0.29, 0.717) is 34.0 Å². The number of methoxy groups -OCH3 is 1. The first-order valence-corrected chi connectivity index (χ1v) is 11.4. The molecular weight excluding hydrogens is 505 g/mol. The highest BCUT2D eigenvalue weighted by atomic mass is 19.4. The van der Waals surface area contributed by atoms with Crippen molar-refractivity contribution >= 4 is 23.3 Å². The molecule has 0 atom stereocenters. The molecule has 0 aliphatic carbocycles. The van der Waals surface area contributed by atoms with Crippen LogP contribution >= 0.6 is 0 Å². The molecule has 2 amide bonds. The van der Waals surface area contributed by atoms with Gasteiger partial charge in [-0.05, 0) is 49.2 Å². The molecule has 0 bridgehead atoms. The van der Waals surface area contributed by atoms with Crippen LogP contribution < -0.4 is 20.1 Å². The standard InChI is InChI=1S/C25H23F3N6O4/c1-14-18(20-7-8-22-32-21(31-15(2)35)13-34(22)33-20)12-19(24(30-14)37-3)23(36)29-10-9-16-5-4-6-17(11-16)38-25(26,27)28/h4-8,11-13H,9-10H2,1-3H3,(H,29,36)(H,31,35). The van der Waals surface area contributed by atoms with Gasteiger partial charge in [0.2, 0.25) is 11.8 Å². The number of carbonyl (C=O) groups excluding carboxylic acids is 2. The van der Waals surface area contributed by atoms with Crippen LogP contribution in [0.4, 0.5) is 19.0 Å². The summed E-state index contributed by atoms with van der Waals surface area (Å²) in [6, 6.07) is 10.6. The van der Waals surface area contributed by atoms with Crippen LogP contribution in [0, 0.1) is 6.92 Å². The number of nitrogens with zero attached hydrogens (tertiary/aromatic N) is 4. The summed E-state index contributed by atoms with van der Waals surface area (Å²) in [6.07, 6.45) is -2.95. The third-order valence-corrected chi connectivity index (χ3v) is 5.35. The van der Waals surface area contributed by atoms with Crippen LogP contribution in [-0.4, -0.2) is 51.4 Å². The van der Waals surface area contributed by atoms with E-state index in [0.717, 1.165) is 0 Å². The number of anilines is 1. The van der Waals surface area contributed by atoms with Crippen molar-refractivity contribution in [2.24, 2.45) is 0 Å². The van der Waals surface area contributed by atoms with E-state index in [4.69, 9.17) is 4.74 Å². The van der Waals surface area contributed by atoms with Crippen LogP contribution in [0.3, 0.4) is 0 Å². The van der Waals surface area contributed by atoms with Crippen molar-refractivity contribution in [3.05, 3.63) is 65.5 Å². The van der Waals surface area contributed by atoms with Crippen molar-refractivity contribution in [1.29, 1.82) is 0 Å². The number of imidazole rings is 1. The number of aromatic nitrogens is 4. The Bertz CT molecular complexity index is 1500. The summed E-state index contributed by atoms with van der Waals surface area (Å²) in [4.78, 5) is 33.0. The van der Waals surface area contributed by atoms with Crippen LogP contribution in [0.15, 0.2) is 48.7 Å². The number of carbonyl (C=O) groups is 2. The molecule has 10 nitrogen and oxygen atoms in total. The highest BCUT2D eigenvalue weighted by Crippen LogP contribution is 2.27. The summed E-state index contributed by atoms with van der Waals surface area (Å²) in [5.74, 6) is -0.609. The molecule has 13 heteroatoms. The molecule has 198 valence electrons. The van der Waals surface area contributed by atoms with Crippen molar-refractivity contribution in [3.63, 3.8) is 0 Å². The van der Waals surface area contributed by atoms with Crippen LogP contribution in [0.1, 0.15) is 28.5 Å². The minimum atomic E-state index is -4.79. The van der Waals surface area contributed by atoms with E-state index < -0.39 is 12.3 Å². The lowest BCUT2D eigenvalue weighted by Gasteiger charge is -2.13. The van der Waals surface area contributed by atoms with Crippen molar-refractivity contribution in [2.45, 2.75) is 26.6 Å². The summed E-state index contributed by atoms with van der Waals surface area (Å²) >= 11 is 0. The number of hydrogen-bond donors (Lipinski definition) is 2. The number of pyridine rings is 1. The highest BCUT2D eigenvalue weighted by Gasteiger charge is 2.31. The molecule has 3 aromatic heterocycles. The summed E-state index contributed by atoms with van der Waals surface area (Å²) in [7, 11) is 1.39. The van der Waals surface area contributed by atoms with E-state index in [-0.39, 0.29) is 36.1 Å². The average Bonchev–Trinajstić information content (AvgIpc) is 3.23. The van der Waals surface area contributed by atoms with Crippen LogP contribution in [0.5, 0.6) is 11.6 Å². The molecule has 4 rings (SSSR count). The lowest BCUT2D eigenvalue weighted by Crippen LogP contribution is -2.26. The number of benzene rings is 1. The number of nitrogens with one attached hydrogen (secondary N) is 2. The number of alkyl halides is 3. The highest BCUT2D eigenvalue weighted by molar-refractivity contribution is 5.97. The number of halogens is 3. The van der Waals surface area contributed by atoms with E-state index in [9.17, 15) is 22.8 Å². The topological polar surface area (TPSA) is 120 Å². The maximum absolute atomic E-state index is 13.0. The van der Waals surface area contributed by atoms with Gasteiger partial charge in [0.05, 0.1) is 24.7 Å². The minimum Gasteiger partial charge on any atom is -0.480 e. The van der Waals surface area contributed by atoms with Gasteiger partial charge in [0.1, 0.15) is 11.3 Å². The lowest BCUT2D eigenvalue weighted by atomic mass is 10.1. The molecule has 0 radical (unpaired) electrons. The smallest absolute Gasteiger partial charge is 0.480 e. The molecule has 0 spiro atoms. The zero-order valence-corrected chi connectivity index (χ0v) is 20.6. The number of hydrogen-bond acceptors (Lipinski definition) is 7. The fourth-order valence-electron chi connectivity index (χ4n) is 3.74. The molecule has 0 saturated carbocycles. The summed E-state index contributed by atoms with van der Waals surface area (Å²) < 4.78 is 48.2. The van der Waals surface area contributed by atoms with E-state index in [1.165, 1.54) is 36.7 Å². The van der Waals surface area contributed by atoms with Crippen LogP contribution in [0.2, 0.25) is 0 Å². The molecule has 2 N–H and O–H groups in total. The Labute approximate surface area is 214 Å². The number of amides is 2. The normalized spacial score (nSPS) is 11.3. The fraction of sp³-hybridized carbons (Fsp3) is 0.240. The molecule has 0 aliphatic heterocycles. The summed E-state index contributed by atoms with van der Waals surface area (Å²) in [5.41, 5.74) is 2.87. The third kappa shape index (κ3) is 6.35. The fourth-order valence-corrected chi connectivity index (χ4v) is 3.74. The van der Waals surface area contributed by atoms with Gasteiger partial charge in [-0.1, -0.05) is 12.1 Å². The number of ether oxygens (including phenoxy) is 2. The maximum Gasteiger partial charge on any atom is 0.573 e. The van der Waals surface area contributed by atoms with Crippen molar-refractivity contribution < 1.29 is 32.2 Å². The molecule has 0 fully saturated rings. The van der Waals surface area contributed by atoms with Crippen LogP contribution in [0.25, 0.3) is 16.9 Å². The molecule has 4 aromatic rings. The quantitative estimate of drug-likeness (QED) is 0.356. The average molecular weight is 528 g/mol. The second-order valence-corrected chi connectivity index (χ2v) is 8.21. The van der Waals surface area contributed by atoms with Crippen molar-refractivity contribution in [2.75, 3.05) is 19.0 Å². The predicted octanol–water partition coefficient (Wildman–Crippen LogP) is 3.94. The largest absolute Gasteiger partial charge is 0.573 e. The van der Waals surface area contributed by atoms with Crippen LogP contribution in [-0.2, 0) is 11.2 Å². The van der Waals surface area contributed by atoms with Gasteiger partial charge in [-0.15, -0.1) is 13.2 Å². The number of rotatable bonds is 8. The Morgan fingerprint density at radius 2 is 1.89 bits per heavy atom.